The van der Waals surface area contributed by atoms with E-state index in [9.17, 15) is 22.8 Å². The van der Waals surface area contributed by atoms with E-state index in [0.717, 1.165) is 13.2 Å². The molecule has 1 rings (SSSR count). The van der Waals surface area contributed by atoms with Gasteiger partial charge in [0.15, 0.2) is 0 Å². The molecule has 4 amide bonds. The standard InChI is InChI=1S/C11H13N5O6S/c1-22-8(17)6-4-2-3-5-7(6)23(20,21)16-11(19)15-9(12)14-10(13)18/h2-5H,1H3,(H6,12,13,14,15,16,18,19). The number of methoxy groups -OCH3 is 1. The monoisotopic (exact) mass is 343 g/mol. The lowest BCUT2D eigenvalue weighted by atomic mass is 10.2. The molecule has 0 bridgehead atoms. The van der Waals surface area contributed by atoms with Crippen molar-refractivity contribution in [3.05, 3.63) is 29.8 Å². The van der Waals surface area contributed by atoms with Crippen molar-refractivity contribution in [2.75, 3.05) is 7.11 Å². The molecule has 6 N–H and O–H groups in total. The van der Waals surface area contributed by atoms with Gasteiger partial charge in [-0.1, -0.05) is 12.1 Å². The van der Waals surface area contributed by atoms with Gasteiger partial charge < -0.3 is 10.5 Å². The van der Waals surface area contributed by atoms with E-state index in [0.29, 0.717) is 0 Å². The van der Waals surface area contributed by atoms with Gasteiger partial charge in [0.05, 0.1) is 12.7 Å². The van der Waals surface area contributed by atoms with Crippen LogP contribution in [0.2, 0.25) is 0 Å². The lowest BCUT2D eigenvalue weighted by Gasteiger charge is -2.11. The van der Waals surface area contributed by atoms with Crippen molar-refractivity contribution in [2.24, 2.45) is 5.73 Å². The zero-order valence-electron chi connectivity index (χ0n) is 11.7. The summed E-state index contributed by atoms with van der Waals surface area (Å²) in [5.41, 5.74) is 4.45. The summed E-state index contributed by atoms with van der Waals surface area (Å²) in [6, 6.07) is 2.61. The number of rotatable bonds is 3. The number of nitrogens with one attached hydrogen (secondary N) is 4. The average Bonchev–Trinajstić information content (AvgIpc) is 2.44. The van der Waals surface area contributed by atoms with Crippen LogP contribution < -0.4 is 21.1 Å². The number of ether oxygens (including phenoxy) is 1. The third-order valence-electron chi connectivity index (χ3n) is 2.30. The zero-order valence-corrected chi connectivity index (χ0v) is 12.6. The Balaban J connectivity index is 2.96. The summed E-state index contributed by atoms with van der Waals surface area (Å²) in [7, 11) is -3.35. The molecular weight excluding hydrogens is 330 g/mol. The SMILES string of the molecule is COC(=O)c1ccccc1S(=O)(=O)NC(=O)NC(=N)NC(N)=O. The first-order valence-corrected chi connectivity index (χ1v) is 7.32. The van der Waals surface area contributed by atoms with Gasteiger partial charge in [-0.2, -0.15) is 0 Å². The normalized spacial score (nSPS) is 10.3. The Labute approximate surface area is 130 Å². The largest absolute Gasteiger partial charge is 0.465 e. The predicted octanol–water partition coefficient (Wildman–Crippen LogP) is -0.936. The summed E-state index contributed by atoms with van der Waals surface area (Å²) in [4.78, 5) is 33.1. The third kappa shape index (κ3) is 4.96. The molecule has 0 saturated carbocycles. The molecule has 0 aromatic heterocycles. The summed E-state index contributed by atoms with van der Waals surface area (Å²) >= 11 is 0. The fourth-order valence-corrected chi connectivity index (χ4v) is 2.55. The fourth-order valence-electron chi connectivity index (χ4n) is 1.45. The highest BCUT2D eigenvalue weighted by Gasteiger charge is 2.24. The second-order valence-corrected chi connectivity index (χ2v) is 5.56. The van der Waals surface area contributed by atoms with E-state index in [2.05, 4.69) is 4.74 Å². The Bertz CT molecular complexity index is 760. The van der Waals surface area contributed by atoms with Crippen molar-refractivity contribution in [3.63, 3.8) is 0 Å². The molecule has 0 heterocycles. The van der Waals surface area contributed by atoms with Crippen LogP contribution in [-0.4, -0.2) is 39.5 Å². The summed E-state index contributed by atoms with van der Waals surface area (Å²) in [6.07, 6.45) is 0. The minimum absolute atomic E-state index is 0.277. The first kappa shape index (κ1) is 17.9. The summed E-state index contributed by atoms with van der Waals surface area (Å²) in [6.45, 7) is 0. The number of amides is 4. The maximum atomic E-state index is 12.1. The van der Waals surface area contributed by atoms with Crippen molar-refractivity contribution in [1.29, 1.82) is 5.41 Å². The van der Waals surface area contributed by atoms with Crippen LogP contribution in [0.1, 0.15) is 10.4 Å². The van der Waals surface area contributed by atoms with E-state index < -0.39 is 38.9 Å². The first-order valence-electron chi connectivity index (χ1n) is 5.83. The molecule has 0 spiro atoms. The van der Waals surface area contributed by atoms with Crippen molar-refractivity contribution < 1.29 is 27.5 Å². The van der Waals surface area contributed by atoms with E-state index in [1.165, 1.54) is 18.2 Å². The van der Waals surface area contributed by atoms with Crippen molar-refractivity contribution in [1.82, 2.24) is 15.4 Å². The molecule has 0 aliphatic heterocycles. The van der Waals surface area contributed by atoms with Crippen molar-refractivity contribution >= 4 is 34.0 Å². The van der Waals surface area contributed by atoms with Crippen LogP contribution in [0, 0.1) is 5.41 Å². The highest BCUT2D eigenvalue weighted by atomic mass is 32.2. The molecular formula is C11H13N5O6S. The molecule has 1 aromatic carbocycles. The Morgan fingerprint density at radius 1 is 1.17 bits per heavy atom. The molecule has 0 aliphatic rings. The van der Waals surface area contributed by atoms with Crippen LogP contribution in [-0.2, 0) is 14.8 Å². The summed E-state index contributed by atoms with van der Waals surface area (Å²) < 4.78 is 30.3. The highest BCUT2D eigenvalue weighted by molar-refractivity contribution is 7.90. The quantitative estimate of drug-likeness (QED) is 0.268. The number of primary amides is 1. The Morgan fingerprint density at radius 2 is 1.78 bits per heavy atom. The van der Waals surface area contributed by atoms with E-state index in [1.807, 2.05) is 0 Å². The second kappa shape index (κ2) is 7.22. The smallest absolute Gasteiger partial charge is 0.339 e. The number of guanidine groups is 1. The number of carbonyl (C=O) groups is 3. The zero-order chi connectivity index (χ0) is 17.6. The number of sulfonamides is 1. The summed E-state index contributed by atoms with van der Waals surface area (Å²) in [5.74, 6) is -1.74. The van der Waals surface area contributed by atoms with Crippen LogP contribution in [0.5, 0.6) is 0 Å². The van der Waals surface area contributed by atoms with Crippen molar-refractivity contribution in [2.45, 2.75) is 4.90 Å². The number of benzene rings is 1. The van der Waals surface area contributed by atoms with Crippen molar-refractivity contribution in [3.8, 4) is 0 Å². The molecule has 0 aliphatic carbocycles. The molecule has 124 valence electrons. The topological polar surface area (TPSA) is 181 Å². The number of nitrogens with two attached hydrogens (primary N) is 1. The lowest BCUT2D eigenvalue weighted by Crippen LogP contribution is -2.49. The van der Waals surface area contributed by atoms with Crippen LogP contribution >= 0.6 is 0 Å². The Kier molecular flexibility index (Phi) is 5.62. The number of esters is 1. The van der Waals surface area contributed by atoms with E-state index >= 15 is 0 Å². The van der Waals surface area contributed by atoms with E-state index in [1.54, 1.807) is 15.4 Å². The van der Waals surface area contributed by atoms with Crippen LogP contribution in [0.4, 0.5) is 9.59 Å². The van der Waals surface area contributed by atoms with Gasteiger partial charge in [-0.25, -0.2) is 27.5 Å². The number of hydrogen-bond donors (Lipinski definition) is 5. The first-order chi connectivity index (χ1) is 10.7. The maximum absolute atomic E-state index is 12.1. The minimum atomic E-state index is -4.42. The number of carbonyl (C=O) groups excluding carboxylic acids is 3. The Morgan fingerprint density at radius 3 is 2.35 bits per heavy atom. The van der Waals surface area contributed by atoms with Gasteiger partial charge in [0, 0.05) is 0 Å². The maximum Gasteiger partial charge on any atom is 0.339 e. The van der Waals surface area contributed by atoms with Gasteiger partial charge in [-0.05, 0) is 12.1 Å². The fraction of sp³-hybridized carbons (Fsp3) is 0.0909. The van der Waals surface area contributed by atoms with Crippen LogP contribution in [0.3, 0.4) is 0 Å². The van der Waals surface area contributed by atoms with Crippen LogP contribution in [0.15, 0.2) is 29.2 Å². The van der Waals surface area contributed by atoms with Crippen LogP contribution in [0.25, 0.3) is 0 Å². The Hall–Kier alpha value is -3.15. The van der Waals surface area contributed by atoms with Gasteiger partial charge in [0.1, 0.15) is 4.90 Å². The molecule has 0 saturated heterocycles. The number of urea groups is 2. The summed E-state index contributed by atoms with van der Waals surface area (Å²) in [5, 5.41) is 10.6. The molecule has 0 fully saturated rings. The molecule has 0 radical (unpaired) electrons. The molecule has 0 atom stereocenters. The molecule has 1 aromatic rings. The van der Waals surface area contributed by atoms with E-state index in [-0.39, 0.29) is 5.56 Å². The third-order valence-corrected chi connectivity index (χ3v) is 3.68. The van der Waals surface area contributed by atoms with Gasteiger partial charge in [0.2, 0.25) is 5.96 Å². The highest BCUT2D eigenvalue weighted by Crippen LogP contribution is 2.16. The molecule has 23 heavy (non-hydrogen) atoms. The van der Waals surface area contributed by atoms with Gasteiger partial charge in [-0.3, -0.25) is 16.0 Å². The predicted molar refractivity (Wildman–Crippen MR) is 77.1 cm³/mol. The average molecular weight is 343 g/mol. The van der Waals surface area contributed by atoms with E-state index in [4.69, 9.17) is 11.1 Å². The second-order valence-electron chi connectivity index (χ2n) is 3.91. The number of hydrogen-bond acceptors (Lipinski definition) is 7. The molecule has 0 unspecified atom stereocenters. The van der Waals surface area contributed by atoms with Gasteiger partial charge in [-0.15, -0.1) is 0 Å². The molecule has 12 heteroatoms. The lowest BCUT2D eigenvalue weighted by molar-refractivity contribution is 0.0596. The minimum Gasteiger partial charge on any atom is -0.465 e. The molecule has 11 nitrogen and oxygen atoms in total. The van der Waals surface area contributed by atoms with Gasteiger partial charge >= 0.3 is 18.0 Å². The van der Waals surface area contributed by atoms with Gasteiger partial charge in [0.25, 0.3) is 10.0 Å².